The van der Waals surface area contributed by atoms with Gasteiger partial charge in [-0.05, 0) is 63.0 Å². The van der Waals surface area contributed by atoms with E-state index in [1.165, 1.54) is 23.1 Å². The van der Waals surface area contributed by atoms with Gasteiger partial charge in [-0.3, -0.25) is 19.3 Å². The highest BCUT2D eigenvalue weighted by atomic mass is 35.5. The van der Waals surface area contributed by atoms with Gasteiger partial charge in [0.1, 0.15) is 12.9 Å². The molecule has 2 amide bonds. The van der Waals surface area contributed by atoms with Gasteiger partial charge in [-0.1, -0.05) is 43.3 Å². The molecule has 1 aromatic carbocycles. The minimum Gasteiger partial charge on any atom is -0.504 e. The zero-order valence-electron chi connectivity index (χ0n) is 31.8. The fourth-order valence-electron chi connectivity index (χ4n) is 6.02. The third-order valence-electron chi connectivity index (χ3n) is 9.50. The summed E-state index contributed by atoms with van der Waals surface area (Å²) in [5, 5.41) is 17.6. The third-order valence-corrected chi connectivity index (χ3v) is 9.82. The fourth-order valence-corrected chi connectivity index (χ4v) is 6.25. The monoisotopic (exact) mass is 781 g/mol. The molecular weight excluding hydrogens is 736 g/mol. The van der Waals surface area contributed by atoms with E-state index in [1.807, 2.05) is 44.7 Å². The molecule has 0 spiro atoms. The van der Waals surface area contributed by atoms with Gasteiger partial charge in [-0.15, -0.1) is 5.10 Å². The summed E-state index contributed by atoms with van der Waals surface area (Å²) in [6.45, 7) is 15.8. The van der Waals surface area contributed by atoms with E-state index in [0.29, 0.717) is 43.9 Å². The van der Waals surface area contributed by atoms with Crippen LogP contribution in [0.2, 0.25) is 5.02 Å². The summed E-state index contributed by atoms with van der Waals surface area (Å²) in [6, 6.07) is 3.62. The summed E-state index contributed by atoms with van der Waals surface area (Å²) >= 11 is 6.26. The van der Waals surface area contributed by atoms with E-state index in [2.05, 4.69) is 27.0 Å². The van der Waals surface area contributed by atoms with E-state index >= 15 is 0 Å². The first-order valence-electron chi connectivity index (χ1n) is 17.9. The molecule has 3 aromatic rings. The molecule has 2 fully saturated rings. The Kier molecular flexibility index (Phi) is 12.5. The average molecular weight is 782 g/mol. The Labute approximate surface area is 323 Å². The van der Waals surface area contributed by atoms with Crippen molar-refractivity contribution < 1.29 is 33.0 Å². The second-order valence-corrected chi connectivity index (χ2v) is 14.5. The fraction of sp³-hybridized carbons (Fsp3) is 0.447. The molecule has 2 N–H and O–H groups in total. The van der Waals surface area contributed by atoms with Gasteiger partial charge in [-0.25, -0.2) is 18.7 Å². The molecule has 2 saturated heterocycles. The summed E-state index contributed by atoms with van der Waals surface area (Å²) in [6.07, 6.45) is 5.53. The Morgan fingerprint density at radius 2 is 1.89 bits per heavy atom. The lowest BCUT2D eigenvalue weighted by Gasteiger charge is -2.34. The maximum atomic E-state index is 14.0. The SMILES string of the molecule is C=C1/C(=C\C=C(/C)c2nc(N(CCC)CC(=O)Nc3ccc(C(C)(F)F)cc3Cl)n(C(=O)CN3CCN(C(=O)c4ncnc(C)c4O)CC3)n2)COC1(C)C. The van der Waals surface area contributed by atoms with E-state index in [0.717, 1.165) is 24.1 Å². The van der Waals surface area contributed by atoms with Crippen LogP contribution in [0.15, 0.2) is 54.4 Å². The molecule has 0 saturated carbocycles. The lowest BCUT2D eigenvalue weighted by atomic mass is 9.96. The Hall–Kier alpha value is -5.06. The Bertz CT molecular complexity index is 2030. The number of alkyl halides is 2. The summed E-state index contributed by atoms with van der Waals surface area (Å²) < 4.78 is 34.7. The first-order chi connectivity index (χ1) is 25.9. The number of benzene rings is 1. The van der Waals surface area contributed by atoms with Gasteiger partial charge in [0.15, 0.2) is 17.3 Å². The first kappa shape index (κ1) is 41.1. The molecule has 4 heterocycles. The minimum absolute atomic E-state index is 0.0468. The summed E-state index contributed by atoms with van der Waals surface area (Å²) in [5.74, 6) is -4.33. The summed E-state index contributed by atoms with van der Waals surface area (Å²) in [5.41, 5.74) is 2.02. The standard InChI is InChI=1S/C38H46ClF2N9O5/c1-8-13-49(19-30(51)44-29-12-11-27(18-28(29)39)38(7,40)41)36-45-34(23(2)9-10-26-21-55-37(5,6)24(26)3)46-50(36)31(52)20-47-14-16-48(17-15-47)35(54)32-33(53)25(4)42-22-43-32/h9-12,18,22,53H,3,8,13-17,19-21H2,1-2,4-7H3,(H,44,51)/b23-9+,26-10-. The molecule has 0 unspecified atom stereocenters. The Morgan fingerprint density at radius 3 is 2.51 bits per heavy atom. The van der Waals surface area contributed by atoms with E-state index < -0.39 is 29.2 Å². The van der Waals surface area contributed by atoms with Crippen molar-refractivity contribution in [1.82, 2.24) is 34.5 Å². The molecule has 0 atom stereocenters. The number of ether oxygens (including phenoxy) is 1. The van der Waals surface area contributed by atoms with Crippen LogP contribution in [0.3, 0.4) is 0 Å². The number of amides is 2. The van der Waals surface area contributed by atoms with Crippen LogP contribution in [0.25, 0.3) is 5.57 Å². The molecule has 5 rings (SSSR count). The number of carbonyl (C=O) groups is 3. The second kappa shape index (κ2) is 16.8. The van der Waals surface area contributed by atoms with Crippen LogP contribution in [-0.4, -0.2) is 115 Å². The highest BCUT2D eigenvalue weighted by Crippen LogP contribution is 2.34. The average Bonchev–Trinajstić information content (AvgIpc) is 3.69. The van der Waals surface area contributed by atoms with Crippen molar-refractivity contribution >= 4 is 46.5 Å². The molecular formula is C38H46ClF2N9O5. The lowest BCUT2D eigenvalue weighted by Crippen LogP contribution is -2.50. The van der Waals surface area contributed by atoms with Gasteiger partial charge in [0.25, 0.3) is 17.7 Å². The smallest absolute Gasteiger partial charge is 0.276 e. The molecule has 0 radical (unpaired) electrons. The molecule has 55 heavy (non-hydrogen) atoms. The lowest BCUT2D eigenvalue weighted by molar-refractivity contribution is -0.115. The first-order valence-corrected chi connectivity index (χ1v) is 18.2. The number of carbonyl (C=O) groups excluding carboxylic acids is 3. The van der Waals surface area contributed by atoms with Crippen molar-refractivity contribution in [2.24, 2.45) is 0 Å². The predicted molar refractivity (Wildman–Crippen MR) is 204 cm³/mol. The molecule has 0 bridgehead atoms. The van der Waals surface area contributed by atoms with Gasteiger partial charge in [0.05, 0.1) is 35.2 Å². The van der Waals surface area contributed by atoms with Crippen LogP contribution in [0.1, 0.15) is 73.4 Å². The highest BCUT2D eigenvalue weighted by Gasteiger charge is 2.32. The summed E-state index contributed by atoms with van der Waals surface area (Å²) in [4.78, 5) is 58.2. The van der Waals surface area contributed by atoms with Gasteiger partial charge in [0.2, 0.25) is 11.9 Å². The van der Waals surface area contributed by atoms with Gasteiger partial charge < -0.3 is 25.0 Å². The van der Waals surface area contributed by atoms with E-state index in [1.54, 1.807) is 16.7 Å². The van der Waals surface area contributed by atoms with Crippen LogP contribution in [0.5, 0.6) is 5.75 Å². The number of nitrogens with zero attached hydrogens (tertiary/aromatic N) is 8. The number of aryl methyl sites for hydroxylation is 1. The topological polar surface area (TPSA) is 159 Å². The zero-order valence-corrected chi connectivity index (χ0v) is 32.6. The zero-order chi connectivity index (χ0) is 40.2. The number of halogens is 3. The normalized spacial score (nSPS) is 17.2. The predicted octanol–water partition coefficient (Wildman–Crippen LogP) is 5.50. The van der Waals surface area contributed by atoms with Gasteiger partial charge >= 0.3 is 0 Å². The van der Waals surface area contributed by atoms with E-state index in [9.17, 15) is 28.3 Å². The maximum Gasteiger partial charge on any atom is 0.276 e. The van der Waals surface area contributed by atoms with Crippen LogP contribution in [0, 0.1) is 6.92 Å². The number of allylic oxidation sites excluding steroid dienone is 3. The number of nitrogens with one attached hydrogen (secondary N) is 1. The van der Waals surface area contributed by atoms with Crippen molar-refractivity contribution in [2.45, 2.75) is 59.5 Å². The van der Waals surface area contributed by atoms with E-state index in [-0.39, 0.29) is 65.7 Å². The van der Waals surface area contributed by atoms with Crippen molar-refractivity contribution in [3.8, 4) is 5.75 Å². The number of hydrogen-bond donors (Lipinski definition) is 2. The van der Waals surface area contributed by atoms with Crippen LogP contribution in [0.4, 0.5) is 20.4 Å². The number of hydrogen-bond acceptors (Lipinski definition) is 11. The van der Waals surface area contributed by atoms with Crippen LogP contribution < -0.4 is 10.2 Å². The Morgan fingerprint density at radius 1 is 1.18 bits per heavy atom. The van der Waals surface area contributed by atoms with Crippen molar-refractivity contribution in [3.05, 3.63) is 82.2 Å². The number of rotatable bonds is 12. The molecule has 2 aliphatic heterocycles. The quantitative estimate of drug-likeness (QED) is 0.239. The number of aromatic nitrogens is 5. The van der Waals surface area contributed by atoms with Crippen molar-refractivity contribution in [2.75, 3.05) is 62.6 Å². The summed E-state index contributed by atoms with van der Waals surface area (Å²) in [7, 11) is 0. The number of aromatic hydroxyl groups is 1. The number of anilines is 2. The molecule has 294 valence electrons. The molecule has 2 aliphatic rings. The highest BCUT2D eigenvalue weighted by molar-refractivity contribution is 6.33. The maximum absolute atomic E-state index is 14.0. The van der Waals surface area contributed by atoms with Gasteiger partial charge in [0, 0.05) is 45.2 Å². The minimum atomic E-state index is -3.11. The van der Waals surface area contributed by atoms with Crippen LogP contribution in [-0.2, 0) is 15.5 Å². The molecule has 0 aliphatic carbocycles. The van der Waals surface area contributed by atoms with Crippen LogP contribution >= 0.6 is 11.6 Å². The largest absolute Gasteiger partial charge is 0.504 e. The molecule has 17 heteroatoms. The third kappa shape index (κ3) is 9.61. The van der Waals surface area contributed by atoms with Gasteiger partial charge in [-0.2, -0.15) is 9.67 Å². The molecule has 14 nitrogen and oxygen atoms in total. The van der Waals surface area contributed by atoms with E-state index in [4.69, 9.17) is 21.3 Å². The second-order valence-electron chi connectivity index (χ2n) is 14.1. The Balaban J connectivity index is 1.38. The molecule has 2 aromatic heterocycles. The van der Waals surface area contributed by atoms with Crippen molar-refractivity contribution in [3.63, 3.8) is 0 Å². The number of piperazine rings is 1. The van der Waals surface area contributed by atoms with Crippen molar-refractivity contribution in [1.29, 1.82) is 0 Å².